The molecule has 2 aliphatic rings. The number of carbonyl (C=O) groups is 1. The van der Waals surface area contributed by atoms with Crippen molar-refractivity contribution in [3.63, 3.8) is 0 Å². The summed E-state index contributed by atoms with van der Waals surface area (Å²) in [6.45, 7) is 9.84. The van der Waals surface area contributed by atoms with Gasteiger partial charge in [-0.1, -0.05) is 19.1 Å². The number of likely N-dealkylation sites (tertiary alicyclic amines) is 2. The predicted molar refractivity (Wildman–Crippen MR) is 118 cm³/mol. The van der Waals surface area contributed by atoms with Crippen LogP contribution in [0.2, 0.25) is 0 Å². The predicted octanol–water partition coefficient (Wildman–Crippen LogP) is 3.74. The second-order valence-electron chi connectivity index (χ2n) is 9.01. The van der Waals surface area contributed by atoms with Crippen molar-refractivity contribution in [1.82, 2.24) is 19.6 Å². The van der Waals surface area contributed by atoms with Gasteiger partial charge in [0.05, 0.1) is 18.9 Å². The molecule has 4 rings (SSSR count). The van der Waals surface area contributed by atoms with Crippen molar-refractivity contribution in [1.29, 1.82) is 0 Å². The zero-order chi connectivity index (χ0) is 21.1. The largest absolute Gasteiger partial charge is 0.497 e. The van der Waals surface area contributed by atoms with Crippen LogP contribution < -0.4 is 4.74 Å². The molecule has 162 valence electrons. The maximum Gasteiger partial charge on any atom is 0.257 e. The molecule has 0 N–H and O–H groups in total. The Labute approximate surface area is 179 Å². The van der Waals surface area contributed by atoms with Gasteiger partial charge in [0.15, 0.2) is 0 Å². The normalized spacial score (nSPS) is 22.0. The highest BCUT2D eigenvalue weighted by molar-refractivity contribution is 5.95. The second-order valence-corrected chi connectivity index (χ2v) is 9.01. The molecule has 3 heterocycles. The molecule has 1 aromatic carbocycles. The highest BCUT2D eigenvalue weighted by Crippen LogP contribution is 2.40. The molecule has 30 heavy (non-hydrogen) atoms. The smallest absolute Gasteiger partial charge is 0.257 e. The van der Waals surface area contributed by atoms with Gasteiger partial charge in [0.2, 0.25) is 0 Å². The van der Waals surface area contributed by atoms with Crippen molar-refractivity contribution >= 4 is 5.91 Å². The third-order valence-corrected chi connectivity index (χ3v) is 6.78. The Morgan fingerprint density at radius 3 is 2.90 bits per heavy atom. The van der Waals surface area contributed by atoms with Crippen LogP contribution in [0.25, 0.3) is 0 Å². The van der Waals surface area contributed by atoms with E-state index in [9.17, 15) is 4.79 Å². The second kappa shape index (κ2) is 8.80. The zero-order valence-electron chi connectivity index (χ0n) is 18.6. The van der Waals surface area contributed by atoms with Crippen LogP contribution >= 0.6 is 0 Å². The zero-order valence-corrected chi connectivity index (χ0v) is 18.6. The molecule has 1 spiro atoms. The third-order valence-electron chi connectivity index (χ3n) is 6.78. The Balaban J connectivity index is 1.41. The molecule has 2 aromatic rings. The van der Waals surface area contributed by atoms with Gasteiger partial charge in [-0.3, -0.25) is 14.4 Å². The lowest BCUT2D eigenvalue weighted by atomic mass is 9.79. The van der Waals surface area contributed by atoms with E-state index in [2.05, 4.69) is 40.0 Å². The number of carbonyl (C=O) groups excluding carboxylic acids is 1. The van der Waals surface area contributed by atoms with E-state index in [0.717, 1.165) is 69.1 Å². The monoisotopic (exact) mass is 410 g/mol. The number of aryl methyl sites for hydroxylation is 1. The van der Waals surface area contributed by atoms with Gasteiger partial charge in [0, 0.05) is 43.8 Å². The van der Waals surface area contributed by atoms with E-state index in [1.54, 1.807) is 13.3 Å². The van der Waals surface area contributed by atoms with Crippen LogP contribution in [0.4, 0.5) is 0 Å². The van der Waals surface area contributed by atoms with Crippen molar-refractivity contribution in [3.8, 4) is 5.75 Å². The first-order valence-corrected chi connectivity index (χ1v) is 11.2. The van der Waals surface area contributed by atoms with Crippen LogP contribution in [-0.4, -0.2) is 58.8 Å². The summed E-state index contributed by atoms with van der Waals surface area (Å²) in [7, 11) is 1.72. The SMILES string of the molecule is CCCn1ncc(C(=O)N2CCC3(CCCN(Cc4cccc(OC)c4)C3)C2)c1C. The van der Waals surface area contributed by atoms with E-state index in [-0.39, 0.29) is 11.3 Å². The summed E-state index contributed by atoms with van der Waals surface area (Å²) in [5.74, 6) is 1.06. The number of benzene rings is 1. The van der Waals surface area contributed by atoms with Crippen LogP contribution in [0, 0.1) is 12.3 Å². The minimum atomic E-state index is 0.150. The average Bonchev–Trinajstić information content (AvgIpc) is 3.32. The number of hydrogen-bond donors (Lipinski definition) is 0. The Morgan fingerprint density at radius 2 is 2.10 bits per heavy atom. The van der Waals surface area contributed by atoms with Gasteiger partial charge >= 0.3 is 0 Å². The van der Waals surface area contributed by atoms with E-state index in [0.29, 0.717) is 0 Å². The Kier molecular flexibility index (Phi) is 6.14. The summed E-state index contributed by atoms with van der Waals surface area (Å²) in [6.07, 6.45) is 6.27. The average molecular weight is 411 g/mol. The first-order valence-electron chi connectivity index (χ1n) is 11.2. The number of nitrogens with zero attached hydrogens (tertiary/aromatic N) is 4. The van der Waals surface area contributed by atoms with Gasteiger partial charge in [0.25, 0.3) is 5.91 Å². The fourth-order valence-corrected chi connectivity index (χ4v) is 5.18. The lowest BCUT2D eigenvalue weighted by molar-refractivity contribution is 0.0674. The van der Waals surface area contributed by atoms with Gasteiger partial charge in [-0.15, -0.1) is 0 Å². The number of rotatable bonds is 6. The van der Waals surface area contributed by atoms with Crippen LogP contribution in [0.15, 0.2) is 30.5 Å². The van der Waals surface area contributed by atoms with Crippen LogP contribution in [0.5, 0.6) is 5.75 Å². The lowest BCUT2D eigenvalue weighted by Gasteiger charge is -2.40. The molecule has 2 saturated heterocycles. The first-order chi connectivity index (χ1) is 14.5. The lowest BCUT2D eigenvalue weighted by Crippen LogP contribution is -2.45. The van der Waals surface area contributed by atoms with Crippen molar-refractivity contribution in [2.75, 3.05) is 33.3 Å². The molecule has 0 saturated carbocycles. The van der Waals surface area contributed by atoms with Gasteiger partial charge in [-0.25, -0.2) is 0 Å². The number of hydrogen-bond acceptors (Lipinski definition) is 4. The summed E-state index contributed by atoms with van der Waals surface area (Å²) in [4.78, 5) is 17.8. The highest BCUT2D eigenvalue weighted by Gasteiger charge is 2.43. The van der Waals surface area contributed by atoms with E-state index in [1.165, 1.54) is 18.4 Å². The van der Waals surface area contributed by atoms with Crippen molar-refractivity contribution in [2.24, 2.45) is 5.41 Å². The molecular formula is C24H34N4O2. The van der Waals surface area contributed by atoms with Gasteiger partial charge in [-0.2, -0.15) is 5.10 Å². The molecule has 0 aliphatic carbocycles. The topological polar surface area (TPSA) is 50.6 Å². The molecule has 0 radical (unpaired) electrons. The van der Waals surface area contributed by atoms with Crippen LogP contribution in [-0.2, 0) is 13.1 Å². The maximum atomic E-state index is 13.2. The van der Waals surface area contributed by atoms with E-state index >= 15 is 0 Å². The molecule has 2 fully saturated rings. The third kappa shape index (κ3) is 4.24. The van der Waals surface area contributed by atoms with Gasteiger partial charge in [0.1, 0.15) is 5.75 Å². The minimum absolute atomic E-state index is 0.150. The summed E-state index contributed by atoms with van der Waals surface area (Å²) < 4.78 is 7.33. The number of methoxy groups -OCH3 is 1. The number of aromatic nitrogens is 2. The molecular weight excluding hydrogens is 376 g/mol. The van der Waals surface area contributed by atoms with Crippen molar-refractivity contribution < 1.29 is 9.53 Å². The van der Waals surface area contributed by atoms with Crippen molar-refractivity contribution in [2.45, 2.75) is 52.6 Å². The molecule has 6 nitrogen and oxygen atoms in total. The highest BCUT2D eigenvalue weighted by atomic mass is 16.5. The van der Waals surface area contributed by atoms with Crippen LogP contribution in [0.3, 0.4) is 0 Å². The summed E-state index contributed by atoms with van der Waals surface area (Å²) in [5, 5.41) is 4.43. The minimum Gasteiger partial charge on any atom is -0.497 e. The molecule has 1 aromatic heterocycles. The number of piperidine rings is 1. The fourth-order valence-electron chi connectivity index (χ4n) is 5.18. The quantitative estimate of drug-likeness (QED) is 0.728. The van der Waals surface area contributed by atoms with E-state index < -0.39 is 0 Å². The van der Waals surface area contributed by atoms with Crippen molar-refractivity contribution in [3.05, 3.63) is 47.3 Å². The number of amides is 1. The molecule has 1 atom stereocenters. The summed E-state index contributed by atoms with van der Waals surface area (Å²) in [5.41, 5.74) is 3.27. The Morgan fingerprint density at radius 1 is 1.23 bits per heavy atom. The summed E-state index contributed by atoms with van der Waals surface area (Å²) in [6, 6.07) is 8.35. The van der Waals surface area contributed by atoms with Gasteiger partial charge in [-0.05, 0) is 56.8 Å². The maximum absolute atomic E-state index is 13.2. The van der Waals surface area contributed by atoms with E-state index in [1.807, 2.05) is 17.7 Å². The van der Waals surface area contributed by atoms with E-state index in [4.69, 9.17) is 4.74 Å². The first kappa shape index (κ1) is 20.9. The Hall–Kier alpha value is -2.34. The standard InChI is InChI=1S/C24H34N4O2/c1-4-11-28-19(2)22(15-25-28)23(29)27-13-10-24(18-27)9-6-12-26(17-24)16-20-7-5-8-21(14-20)30-3/h5,7-8,14-15H,4,6,9-13,16-18H2,1-3H3. The molecule has 0 bridgehead atoms. The fraction of sp³-hybridized carbons (Fsp3) is 0.583. The van der Waals surface area contributed by atoms with Crippen LogP contribution in [0.1, 0.15) is 54.2 Å². The number of ether oxygens (including phenoxy) is 1. The molecule has 1 amide bonds. The van der Waals surface area contributed by atoms with Gasteiger partial charge < -0.3 is 9.64 Å². The molecule has 6 heteroatoms. The summed E-state index contributed by atoms with van der Waals surface area (Å²) >= 11 is 0. The Bertz CT molecular complexity index is 893. The molecule has 1 unspecified atom stereocenters. The molecule has 2 aliphatic heterocycles.